The summed E-state index contributed by atoms with van der Waals surface area (Å²) in [5, 5.41) is 21.5. The molecule has 0 spiro atoms. The topological polar surface area (TPSA) is 113 Å². The molecule has 0 saturated carbocycles. The van der Waals surface area contributed by atoms with Crippen LogP contribution in [0.5, 0.6) is 0 Å². The van der Waals surface area contributed by atoms with Crippen LogP contribution < -0.4 is 5.32 Å². The summed E-state index contributed by atoms with van der Waals surface area (Å²) in [5.41, 5.74) is -0.696. The molecule has 0 radical (unpaired) electrons. The van der Waals surface area contributed by atoms with E-state index in [0.29, 0.717) is 6.42 Å². The minimum Gasteiger partial charge on any atom is -0.480 e. The molecule has 0 aromatic heterocycles. The molecule has 1 rings (SSSR count). The molecule has 0 aliphatic rings. The molecule has 0 bridgehead atoms. The maximum atomic E-state index is 13.4. The highest BCUT2D eigenvalue weighted by atomic mass is 19.1. The summed E-state index contributed by atoms with van der Waals surface area (Å²) in [7, 11) is 0. The van der Waals surface area contributed by atoms with Gasteiger partial charge < -0.3 is 15.3 Å². The first-order chi connectivity index (χ1) is 9.85. The quantitative estimate of drug-likeness (QED) is 0.616. The second-order valence-electron chi connectivity index (χ2n) is 4.17. The lowest BCUT2D eigenvalue weighted by molar-refractivity contribution is -0.387. The van der Waals surface area contributed by atoms with E-state index in [0.717, 1.165) is 17.0 Å². The average molecular weight is 299 g/mol. The number of aliphatic carboxylic acids is 1. The number of amides is 2. The summed E-state index contributed by atoms with van der Waals surface area (Å²) in [6, 6.07) is 2.18. The third-order valence-electron chi connectivity index (χ3n) is 2.50. The molecule has 114 valence electrons. The van der Waals surface area contributed by atoms with E-state index in [9.17, 15) is 24.1 Å². The second-order valence-corrected chi connectivity index (χ2v) is 4.17. The van der Waals surface area contributed by atoms with Gasteiger partial charge in [0.15, 0.2) is 0 Å². The van der Waals surface area contributed by atoms with Crippen molar-refractivity contribution in [2.75, 3.05) is 18.4 Å². The van der Waals surface area contributed by atoms with Crippen molar-refractivity contribution in [2.45, 2.75) is 13.3 Å². The van der Waals surface area contributed by atoms with Gasteiger partial charge in [0.05, 0.1) is 4.92 Å². The number of rotatable bonds is 6. The molecule has 1 aromatic carbocycles. The number of carboxylic acids is 1. The van der Waals surface area contributed by atoms with E-state index in [1.165, 1.54) is 6.07 Å². The molecule has 0 fully saturated rings. The zero-order valence-electron chi connectivity index (χ0n) is 11.2. The van der Waals surface area contributed by atoms with Gasteiger partial charge in [-0.05, 0) is 12.5 Å². The van der Waals surface area contributed by atoms with Crippen LogP contribution in [0.2, 0.25) is 0 Å². The number of carboxylic acid groups (broad SMARTS) is 1. The van der Waals surface area contributed by atoms with Crippen molar-refractivity contribution in [2.24, 2.45) is 0 Å². The van der Waals surface area contributed by atoms with Crippen molar-refractivity contribution in [1.82, 2.24) is 4.90 Å². The monoisotopic (exact) mass is 299 g/mol. The normalized spacial score (nSPS) is 10.0. The van der Waals surface area contributed by atoms with Crippen LogP contribution in [0.4, 0.5) is 20.6 Å². The lowest BCUT2D eigenvalue weighted by Crippen LogP contribution is -2.39. The van der Waals surface area contributed by atoms with Crippen molar-refractivity contribution >= 4 is 23.4 Å². The summed E-state index contributed by atoms with van der Waals surface area (Å²) in [5.74, 6) is -2.26. The molecule has 8 nitrogen and oxygen atoms in total. The van der Waals surface area contributed by atoms with E-state index in [2.05, 4.69) is 5.32 Å². The van der Waals surface area contributed by atoms with Crippen LogP contribution in [-0.2, 0) is 4.79 Å². The highest BCUT2D eigenvalue weighted by Gasteiger charge is 2.18. The van der Waals surface area contributed by atoms with Crippen molar-refractivity contribution in [3.05, 3.63) is 34.1 Å². The number of nitrogens with zero attached hydrogens (tertiary/aromatic N) is 2. The largest absolute Gasteiger partial charge is 0.480 e. The molecule has 0 saturated heterocycles. The second kappa shape index (κ2) is 7.17. The standard InChI is InChI=1S/C12H14FN3O5/c1-2-5-15(7-11(17)18)12(19)14-8-3-4-10(16(20)21)9(13)6-8/h3-4,6H,2,5,7H2,1H3,(H,14,19)(H,17,18). The van der Waals surface area contributed by atoms with E-state index < -0.39 is 35.0 Å². The minimum atomic E-state index is -1.17. The first kappa shape index (κ1) is 16.3. The van der Waals surface area contributed by atoms with Gasteiger partial charge in [-0.3, -0.25) is 14.9 Å². The summed E-state index contributed by atoms with van der Waals surface area (Å²) in [4.78, 5) is 33.2. The van der Waals surface area contributed by atoms with E-state index in [1.54, 1.807) is 6.92 Å². The van der Waals surface area contributed by atoms with Gasteiger partial charge in [-0.15, -0.1) is 0 Å². The number of halogens is 1. The number of carbonyl (C=O) groups is 2. The molecule has 2 N–H and O–H groups in total. The molecule has 21 heavy (non-hydrogen) atoms. The summed E-state index contributed by atoms with van der Waals surface area (Å²) >= 11 is 0. The molecule has 0 aliphatic carbocycles. The molecule has 0 unspecified atom stereocenters. The molecular weight excluding hydrogens is 285 g/mol. The number of nitrogens with one attached hydrogen (secondary N) is 1. The van der Waals surface area contributed by atoms with Gasteiger partial charge in [0.1, 0.15) is 6.54 Å². The number of nitro benzene ring substituents is 1. The first-order valence-electron chi connectivity index (χ1n) is 6.06. The van der Waals surface area contributed by atoms with Crippen molar-refractivity contribution in [3.63, 3.8) is 0 Å². The summed E-state index contributed by atoms with van der Waals surface area (Å²) in [6.07, 6.45) is 0.551. The van der Waals surface area contributed by atoms with Crippen molar-refractivity contribution in [1.29, 1.82) is 0 Å². The Kier molecular flexibility index (Phi) is 5.58. The zero-order valence-corrected chi connectivity index (χ0v) is 11.2. The van der Waals surface area contributed by atoms with Crippen LogP contribution >= 0.6 is 0 Å². The fourth-order valence-corrected chi connectivity index (χ4v) is 1.62. The smallest absolute Gasteiger partial charge is 0.323 e. The lowest BCUT2D eigenvalue weighted by Gasteiger charge is -2.20. The molecular formula is C12H14FN3O5. The molecule has 2 amide bonds. The van der Waals surface area contributed by atoms with E-state index in [-0.39, 0.29) is 12.2 Å². The lowest BCUT2D eigenvalue weighted by atomic mass is 10.2. The van der Waals surface area contributed by atoms with Gasteiger partial charge >= 0.3 is 17.7 Å². The SMILES string of the molecule is CCCN(CC(=O)O)C(=O)Nc1ccc([N+](=O)[O-])c(F)c1. The average Bonchev–Trinajstić information content (AvgIpc) is 2.37. The van der Waals surface area contributed by atoms with Gasteiger partial charge in [-0.25, -0.2) is 4.79 Å². The van der Waals surface area contributed by atoms with Crippen LogP contribution in [0, 0.1) is 15.9 Å². The Labute approximate surface area is 119 Å². The minimum absolute atomic E-state index is 0.00888. The predicted molar refractivity (Wildman–Crippen MR) is 71.6 cm³/mol. The van der Waals surface area contributed by atoms with E-state index >= 15 is 0 Å². The Morgan fingerprint density at radius 2 is 2.14 bits per heavy atom. The third kappa shape index (κ3) is 4.71. The number of hydrogen-bond acceptors (Lipinski definition) is 4. The van der Waals surface area contributed by atoms with Gasteiger partial charge in [-0.2, -0.15) is 4.39 Å². The maximum Gasteiger partial charge on any atom is 0.323 e. The fraction of sp³-hybridized carbons (Fsp3) is 0.333. The Bertz CT molecular complexity index is 564. The number of carbonyl (C=O) groups excluding carboxylic acids is 1. The maximum absolute atomic E-state index is 13.4. The van der Waals surface area contributed by atoms with Crippen LogP contribution in [0.3, 0.4) is 0 Å². The predicted octanol–water partition coefficient (Wildman–Crippen LogP) is 2.06. The number of anilines is 1. The summed E-state index contributed by atoms with van der Waals surface area (Å²) < 4.78 is 13.4. The molecule has 9 heteroatoms. The van der Waals surface area contributed by atoms with E-state index in [1.807, 2.05) is 0 Å². The van der Waals surface area contributed by atoms with Gasteiger partial charge in [0.25, 0.3) is 0 Å². The van der Waals surface area contributed by atoms with E-state index in [4.69, 9.17) is 5.11 Å². The molecule has 1 aromatic rings. The fourth-order valence-electron chi connectivity index (χ4n) is 1.62. The Morgan fingerprint density at radius 3 is 2.62 bits per heavy atom. The Morgan fingerprint density at radius 1 is 1.48 bits per heavy atom. The first-order valence-corrected chi connectivity index (χ1v) is 6.06. The Balaban J connectivity index is 2.83. The van der Waals surface area contributed by atoms with Crippen LogP contribution in [0.15, 0.2) is 18.2 Å². The highest BCUT2D eigenvalue weighted by Crippen LogP contribution is 2.21. The van der Waals surface area contributed by atoms with Crippen molar-refractivity contribution in [3.8, 4) is 0 Å². The Hall–Kier alpha value is -2.71. The van der Waals surface area contributed by atoms with Crippen LogP contribution in [-0.4, -0.2) is 40.0 Å². The molecule has 0 heterocycles. The number of nitro groups is 1. The van der Waals surface area contributed by atoms with Crippen LogP contribution in [0.25, 0.3) is 0 Å². The van der Waals surface area contributed by atoms with Gasteiger partial charge in [0.2, 0.25) is 5.82 Å². The zero-order chi connectivity index (χ0) is 16.0. The van der Waals surface area contributed by atoms with Crippen molar-refractivity contribution < 1.29 is 24.0 Å². The number of hydrogen-bond donors (Lipinski definition) is 2. The highest BCUT2D eigenvalue weighted by molar-refractivity contribution is 5.91. The number of benzene rings is 1. The van der Waals surface area contributed by atoms with Gasteiger partial charge in [0, 0.05) is 24.4 Å². The molecule has 0 atom stereocenters. The van der Waals surface area contributed by atoms with Crippen LogP contribution in [0.1, 0.15) is 13.3 Å². The molecule has 0 aliphatic heterocycles. The third-order valence-corrected chi connectivity index (χ3v) is 2.50. The van der Waals surface area contributed by atoms with Gasteiger partial charge in [-0.1, -0.05) is 6.92 Å². The number of urea groups is 1. The summed E-state index contributed by atoms with van der Waals surface area (Å²) in [6.45, 7) is 1.50.